The molecule has 0 N–H and O–H groups in total. The summed E-state index contributed by atoms with van der Waals surface area (Å²) < 4.78 is 1.93. The lowest BCUT2D eigenvalue weighted by Gasteiger charge is -2.34. The van der Waals surface area contributed by atoms with Crippen LogP contribution in [0.2, 0.25) is 0 Å². The first-order chi connectivity index (χ1) is 12.7. The zero-order chi connectivity index (χ0) is 18.1. The van der Waals surface area contributed by atoms with E-state index in [0.717, 1.165) is 42.4 Å². The van der Waals surface area contributed by atoms with E-state index in [0.29, 0.717) is 18.8 Å². The first-order valence-corrected chi connectivity index (χ1v) is 8.97. The largest absolute Gasteiger partial charge is 0.337 e. The van der Waals surface area contributed by atoms with Crippen LogP contribution in [0.25, 0.3) is 5.65 Å². The maximum Gasteiger partial charge on any atom is 0.272 e. The SMILES string of the molecule is CCc1nc2c(C)cccn2c1C(=O)N1CCN(c2ncccn2)CC1. The van der Waals surface area contributed by atoms with Crippen LogP contribution in [0, 0.1) is 6.92 Å². The van der Waals surface area contributed by atoms with Crippen molar-refractivity contribution in [1.29, 1.82) is 0 Å². The Labute approximate surface area is 152 Å². The molecule has 0 atom stereocenters. The van der Waals surface area contributed by atoms with Crippen molar-refractivity contribution in [2.75, 3.05) is 31.1 Å². The van der Waals surface area contributed by atoms with Gasteiger partial charge in [0.2, 0.25) is 5.95 Å². The van der Waals surface area contributed by atoms with E-state index in [1.54, 1.807) is 12.4 Å². The fourth-order valence-electron chi connectivity index (χ4n) is 3.44. The molecule has 7 heteroatoms. The Hall–Kier alpha value is -2.96. The quantitative estimate of drug-likeness (QED) is 0.722. The Morgan fingerprint density at radius 3 is 2.54 bits per heavy atom. The van der Waals surface area contributed by atoms with Crippen molar-refractivity contribution in [3.63, 3.8) is 0 Å². The molecular formula is C19H22N6O. The Kier molecular flexibility index (Phi) is 4.28. The molecule has 4 heterocycles. The minimum absolute atomic E-state index is 0.0496. The molecule has 3 aromatic rings. The van der Waals surface area contributed by atoms with Crippen LogP contribution >= 0.6 is 0 Å². The molecule has 0 unspecified atom stereocenters. The number of piperazine rings is 1. The van der Waals surface area contributed by atoms with Crippen LogP contribution in [0.4, 0.5) is 5.95 Å². The van der Waals surface area contributed by atoms with Gasteiger partial charge in [-0.05, 0) is 31.0 Å². The van der Waals surface area contributed by atoms with E-state index in [2.05, 4.69) is 14.9 Å². The van der Waals surface area contributed by atoms with Gasteiger partial charge in [0, 0.05) is 44.8 Å². The minimum atomic E-state index is 0.0496. The molecule has 0 bridgehead atoms. The summed E-state index contributed by atoms with van der Waals surface area (Å²) in [6.45, 7) is 6.83. The summed E-state index contributed by atoms with van der Waals surface area (Å²) in [5, 5.41) is 0. The van der Waals surface area contributed by atoms with Crippen molar-refractivity contribution >= 4 is 17.5 Å². The number of hydrogen-bond acceptors (Lipinski definition) is 5. The molecule has 1 aliphatic heterocycles. The van der Waals surface area contributed by atoms with E-state index < -0.39 is 0 Å². The first kappa shape index (κ1) is 16.5. The Morgan fingerprint density at radius 2 is 1.85 bits per heavy atom. The highest BCUT2D eigenvalue weighted by molar-refractivity contribution is 5.95. The van der Waals surface area contributed by atoms with Gasteiger partial charge >= 0.3 is 0 Å². The molecule has 0 radical (unpaired) electrons. The van der Waals surface area contributed by atoms with Crippen molar-refractivity contribution in [2.45, 2.75) is 20.3 Å². The summed E-state index contributed by atoms with van der Waals surface area (Å²) in [4.78, 5) is 30.5. The van der Waals surface area contributed by atoms with Crippen molar-refractivity contribution < 1.29 is 4.79 Å². The lowest BCUT2D eigenvalue weighted by molar-refractivity contribution is 0.0738. The number of hydrogen-bond donors (Lipinski definition) is 0. The zero-order valence-corrected chi connectivity index (χ0v) is 15.1. The average Bonchev–Trinajstić information content (AvgIpc) is 3.08. The third-order valence-electron chi connectivity index (χ3n) is 4.86. The van der Waals surface area contributed by atoms with E-state index in [1.807, 2.05) is 47.5 Å². The number of aromatic nitrogens is 4. The second kappa shape index (κ2) is 6.74. The third-order valence-corrected chi connectivity index (χ3v) is 4.86. The molecule has 0 aromatic carbocycles. The predicted molar refractivity (Wildman–Crippen MR) is 99.5 cm³/mol. The predicted octanol–water partition coefficient (Wildman–Crippen LogP) is 1.96. The molecule has 0 aliphatic carbocycles. The van der Waals surface area contributed by atoms with Gasteiger partial charge in [0.05, 0.1) is 5.69 Å². The van der Waals surface area contributed by atoms with Gasteiger partial charge in [-0.1, -0.05) is 13.0 Å². The summed E-state index contributed by atoms with van der Waals surface area (Å²) in [6, 6.07) is 5.79. The molecule has 1 fully saturated rings. The number of imidazole rings is 1. The molecule has 1 saturated heterocycles. The van der Waals surface area contributed by atoms with E-state index in [9.17, 15) is 4.79 Å². The molecule has 7 nitrogen and oxygen atoms in total. The molecule has 3 aromatic heterocycles. The van der Waals surface area contributed by atoms with Crippen LogP contribution in [0.3, 0.4) is 0 Å². The fraction of sp³-hybridized carbons (Fsp3) is 0.368. The van der Waals surface area contributed by atoms with E-state index >= 15 is 0 Å². The van der Waals surface area contributed by atoms with Crippen molar-refractivity contribution in [3.05, 3.63) is 53.7 Å². The van der Waals surface area contributed by atoms with Crippen LogP contribution in [-0.4, -0.2) is 56.3 Å². The van der Waals surface area contributed by atoms with Gasteiger partial charge in [-0.15, -0.1) is 0 Å². The van der Waals surface area contributed by atoms with Crippen LogP contribution in [0.5, 0.6) is 0 Å². The number of carbonyl (C=O) groups is 1. The topological polar surface area (TPSA) is 66.6 Å². The minimum Gasteiger partial charge on any atom is -0.337 e. The monoisotopic (exact) mass is 350 g/mol. The average molecular weight is 350 g/mol. The first-order valence-electron chi connectivity index (χ1n) is 8.97. The van der Waals surface area contributed by atoms with Crippen LogP contribution in [-0.2, 0) is 6.42 Å². The highest BCUT2D eigenvalue weighted by Gasteiger charge is 2.27. The molecule has 0 spiro atoms. The maximum absolute atomic E-state index is 13.2. The molecule has 1 amide bonds. The number of aryl methyl sites for hydroxylation is 2. The van der Waals surface area contributed by atoms with Gasteiger partial charge in [0.1, 0.15) is 11.3 Å². The molecule has 26 heavy (non-hydrogen) atoms. The Balaban J connectivity index is 1.58. The standard InChI is InChI=1S/C19H22N6O/c1-3-15-16(25-9-4-6-14(2)17(25)22-15)18(26)23-10-12-24(13-11-23)19-20-7-5-8-21-19/h4-9H,3,10-13H2,1-2H3. The number of fused-ring (bicyclic) bond motifs is 1. The van der Waals surface area contributed by atoms with Crippen LogP contribution in [0.1, 0.15) is 28.7 Å². The van der Waals surface area contributed by atoms with E-state index in [-0.39, 0.29) is 5.91 Å². The number of carbonyl (C=O) groups excluding carboxylic acids is 1. The molecule has 0 saturated carbocycles. The molecule has 4 rings (SSSR count). The lowest BCUT2D eigenvalue weighted by atomic mass is 10.2. The van der Waals surface area contributed by atoms with Gasteiger partial charge in [-0.25, -0.2) is 15.0 Å². The number of amides is 1. The van der Waals surface area contributed by atoms with Crippen molar-refractivity contribution in [2.24, 2.45) is 0 Å². The molecular weight excluding hydrogens is 328 g/mol. The van der Waals surface area contributed by atoms with Crippen molar-refractivity contribution in [3.8, 4) is 0 Å². The highest BCUT2D eigenvalue weighted by Crippen LogP contribution is 2.20. The van der Waals surface area contributed by atoms with E-state index in [1.165, 1.54) is 0 Å². The number of pyridine rings is 1. The highest BCUT2D eigenvalue weighted by atomic mass is 16.2. The summed E-state index contributed by atoms with van der Waals surface area (Å²) in [7, 11) is 0. The summed E-state index contributed by atoms with van der Waals surface area (Å²) >= 11 is 0. The second-order valence-electron chi connectivity index (χ2n) is 6.47. The molecule has 1 aliphatic rings. The number of nitrogens with zero attached hydrogens (tertiary/aromatic N) is 6. The van der Waals surface area contributed by atoms with Gasteiger partial charge in [0.25, 0.3) is 5.91 Å². The van der Waals surface area contributed by atoms with Crippen LogP contribution in [0.15, 0.2) is 36.8 Å². The Morgan fingerprint density at radius 1 is 1.12 bits per heavy atom. The summed E-state index contributed by atoms with van der Waals surface area (Å²) in [6.07, 6.45) is 6.15. The van der Waals surface area contributed by atoms with Crippen LogP contribution < -0.4 is 4.90 Å². The third kappa shape index (κ3) is 2.79. The van der Waals surface area contributed by atoms with Gasteiger partial charge in [-0.2, -0.15) is 0 Å². The normalized spacial score (nSPS) is 14.8. The summed E-state index contributed by atoms with van der Waals surface area (Å²) in [5.74, 6) is 0.771. The lowest BCUT2D eigenvalue weighted by Crippen LogP contribution is -2.49. The fourth-order valence-corrected chi connectivity index (χ4v) is 3.44. The Bertz CT molecular complexity index is 928. The van der Waals surface area contributed by atoms with E-state index in [4.69, 9.17) is 4.98 Å². The smallest absolute Gasteiger partial charge is 0.272 e. The maximum atomic E-state index is 13.2. The van der Waals surface area contributed by atoms with Gasteiger partial charge in [0.15, 0.2) is 0 Å². The van der Waals surface area contributed by atoms with Gasteiger partial charge in [-0.3, -0.25) is 9.20 Å². The molecule has 134 valence electrons. The van der Waals surface area contributed by atoms with Gasteiger partial charge < -0.3 is 9.80 Å². The van der Waals surface area contributed by atoms with Crippen molar-refractivity contribution in [1.82, 2.24) is 24.3 Å². The second-order valence-corrected chi connectivity index (χ2v) is 6.47. The summed E-state index contributed by atoms with van der Waals surface area (Å²) in [5.41, 5.74) is 3.49. The number of anilines is 1. The zero-order valence-electron chi connectivity index (χ0n) is 15.1. The number of rotatable bonds is 3.